The van der Waals surface area contributed by atoms with Gasteiger partial charge in [0.05, 0.1) is 5.69 Å². The van der Waals surface area contributed by atoms with Gasteiger partial charge < -0.3 is 25.7 Å². The molecule has 0 atom stereocenters. The molecule has 0 aliphatic heterocycles. The molecule has 11 nitrogen and oxygen atoms in total. The highest BCUT2D eigenvalue weighted by Crippen LogP contribution is 2.43. The van der Waals surface area contributed by atoms with Crippen molar-refractivity contribution in [2.45, 2.75) is 51.3 Å². The minimum atomic E-state index is -1.40. The second-order valence-electron chi connectivity index (χ2n) is 13.4. The number of carboxylic acids is 1. The Bertz CT molecular complexity index is 2200. The number of carbonyl (C=O) groups is 1. The molecule has 0 fully saturated rings. The highest BCUT2D eigenvalue weighted by atomic mass is 16.4. The largest absolute Gasteiger partial charge is 0.476 e. The van der Waals surface area contributed by atoms with Crippen molar-refractivity contribution in [3.05, 3.63) is 179 Å². The lowest BCUT2D eigenvalue weighted by Crippen LogP contribution is -2.39. The van der Waals surface area contributed by atoms with Crippen molar-refractivity contribution in [2.75, 3.05) is 0 Å². The van der Waals surface area contributed by atoms with E-state index in [9.17, 15) is 15.0 Å². The van der Waals surface area contributed by atoms with Crippen LogP contribution < -0.4 is 0 Å². The third kappa shape index (κ3) is 7.07. The van der Waals surface area contributed by atoms with Crippen molar-refractivity contribution in [3.8, 4) is 22.5 Å². The van der Waals surface area contributed by atoms with E-state index >= 15 is 0 Å². The normalized spacial score (nSPS) is 11.4. The van der Waals surface area contributed by atoms with Gasteiger partial charge in [-0.1, -0.05) is 146 Å². The molecule has 7 aromatic rings. The fraction of sp³-hybridized carbons (Fsp3) is 0.186. The molecule has 0 saturated carbocycles. The number of aryl methyl sites for hydroxylation is 1. The van der Waals surface area contributed by atoms with Crippen LogP contribution in [0.2, 0.25) is 0 Å². The van der Waals surface area contributed by atoms with Gasteiger partial charge in [0.15, 0.2) is 11.5 Å². The smallest absolute Gasteiger partial charge is 0.356 e. The van der Waals surface area contributed by atoms with E-state index in [1.54, 1.807) is 13.8 Å². The van der Waals surface area contributed by atoms with Gasteiger partial charge in [0, 0.05) is 18.5 Å². The van der Waals surface area contributed by atoms with E-state index in [0.29, 0.717) is 30.3 Å². The van der Waals surface area contributed by atoms with E-state index in [2.05, 4.69) is 69.9 Å². The lowest BCUT2D eigenvalue weighted by atomic mass is 9.77. The van der Waals surface area contributed by atoms with Gasteiger partial charge in [0.2, 0.25) is 0 Å². The summed E-state index contributed by atoms with van der Waals surface area (Å²) in [6, 6.07) is 47.2. The van der Waals surface area contributed by atoms with Crippen molar-refractivity contribution in [3.63, 3.8) is 0 Å². The third-order valence-corrected chi connectivity index (χ3v) is 9.44. The maximum absolute atomic E-state index is 12.1. The van der Waals surface area contributed by atoms with Crippen LogP contribution in [-0.4, -0.2) is 56.9 Å². The number of aliphatic hydroxyl groups is 1. The molecule has 276 valence electrons. The first-order valence-corrected chi connectivity index (χ1v) is 17.4. The number of rotatable bonds is 12. The molecule has 5 aromatic carbocycles. The van der Waals surface area contributed by atoms with E-state index in [-0.39, 0.29) is 16.6 Å². The Kier molecular flexibility index (Phi) is 11.7. The Morgan fingerprint density at radius 2 is 1.20 bits per heavy atom. The number of aromatic carboxylic acids is 1. The van der Waals surface area contributed by atoms with Gasteiger partial charge in [-0.15, -0.1) is 5.10 Å². The third-order valence-electron chi connectivity index (χ3n) is 9.44. The predicted octanol–water partition coefficient (Wildman–Crippen LogP) is 6.32. The van der Waals surface area contributed by atoms with Crippen LogP contribution in [0.15, 0.2) is 140 Å². The van der Waals surface area contributed by atoms with Crippen molar-refractivity contribution in [1.29, 1.82) is 0 Å². The second kappa shape index (κ2) is 16.2. The van der Waals surface area contributed by atoms with E-state index in [1.165, 1.54) is 0 Å². The number of nitrogens with zero attached hydrogens (tertiary/aromatic N) is 6. The summed E-state index contributed by atoms with van der Waals surface area (Å²) >= 11 is 0. The fourth-order valence-corrected chi connectivity index (χ4v) is 7.24. The lowest BCUT2D eigenvalue weighted by molar-refractivity contribution is 0.0588. The number of hydrogen-bond donors (Lipinski definition) is 2. The molecule has 2 aromatic heterocycles. The average Bonchev–Trinajstić information content (AvgIpc) is 3.80. The molecule has 0 spiro atoms. The number of benzene rings is 5. The molecule has 2 heterocycles. The van der Waals surface area contributed by atoms with Gasteiger partial charge in [-0.25, -0.2) is 14.5 Å². The molecule has 0 saturated heterocycles. The molecule has 54 heavy (non-hydrogen) atoms. The van der Waals surface area contributed by atoms with Gasteiger partial charge >= 0.3 is 5.97 Å². The maximum Gasteiger partial charge on any atom is 0.356 e. The van der Waals surface area contributed by atoms with Crippen molar-refractivity contribution < 1.29 is 26.0 Å². The van der Waals surface area contributed by atoms with Crippen molar-refractivity contribution in [2.24, 2.45) is 0 Å². The molecule has 7 rings (SSSR count). The Morgan fingerprint density at radius 3 is 1.69 bits per heavy atom. The number of imidazole rings is 1. The predicted molar refractivity (Wildman–Crippen MR) is 208 cm³/mol. The number of tetrazole rings is 1. The fourth-order valence-electron chi connectivity index (χ4n) is 7.24. The summed E-state index contributed by atoms with van der Waals surface area (Å²) in [4.78, 5) is 16.6. The zero-order valence-corrected chi connectivity index (χ0v) is 30.4. The zero-order valence-electron chi connectivity index (χ0n) is 30.4. The number of aromatic nitrogens is 6. The summed E-state index contributed by atoms with van der Waals surface area (Å²) in [5.74, 6) is 0.0882. The Labute approximate surface area is 313 Å². The SMILES string of the molecule is CCCc1nc(C(=O)O)c(C(C)(C)O)n1Cc1ccc(-c2ccccc2-c2nnnn2C(c2ccccc2)(c2ccccc2)c2ccccc2)cc1.O.O. The van der Waals surface area contributed by atoms with Crippen LogP contribution in [0.4, 0.5) is 0 Å². The van der Waals surface area contributed by atoms with Crippen LogP contribution in [0.3, 0.4) is 0 Å². The molecule has 11 heteroatoms. The van der Waals surface area contributed by atoms with Gasteiger partial charge in [-0.05, 0) is 64.1 Å². The molecule has 0 amide bonds. The highest BCUT2D eigenvalue weighted by Gasteiger charge is 2.42. The number of hydrogen-bond acceptors (Lipinski definition) is 6. The summed E-state index contributed by atoms with van der Waals surface area (Å²) in [6.45, 7) is 5.58. The van der Waals surface area contributed by atoms with E-state index in [0.717, 1.165) is 45.4 Å². The standard InChI is InChI=1S/C43H40N6O3.2H2O/c1-4-16-37-44-38(41(50)51)39(42(2,3)52)48(37)29-30-25-27-31(28-26-30)35-23-14-15-24-36(35)40-45-46-47-49(40)43(32-17-8-5-9-18-32,33-19-10-6-11-20-33)34-21-12-7-13-22-34;;/h5-15,17-28,52H,4,16,29H2,1-3H3,(H,50,51);2*1H2. The zero-order chi connectivity index (χ0) is 36.3. The molecular formula is C43H44N6O5. The molecule has 0 radical (unpaired) electrons. The molecule has 0 unspecified atom stereocenters. The first-order valence-electron chi connectivity index (χ1n) is 17.4. The molecule has 0 bridgehead atoms. The topological polar surface area (TPSA) is 182 Å². The Morgan fingerprint density at radius 1 is 0.704 bits per heavy atom. The van der Waals surface area contributed by atoms with Gasteiger partial charge in [-0.2, -0.15) is 0 Å². The summed E-state index contributed by atoms with van der Waals surface area (Å²) < 4.78 is 3.78. The summed E-state index contributed by atoms with van der Waals surface area (Å²) in [5, 5.41) is 34.7. The maximum atomic E-state index is 12.1. The van der Waals surface area contributed by atoms with Crippen LogP contribution >= 0.6 is 0 Å². The summed E-state index contributed by atoms with van der Waals surface area (Å²) in [7, 11) is 0. The second-order valence-corrected chi connectivity index (χ2v) is 13.4. The summed E-state index contributed by atoms with van der Waals surface area (Å²) in [5.41, 5.74) is 4.66. The van der Waals surface area contributed by atoms with Gasteiger partial charge in [0.25, 0.3) is 0 Å². The van der Waals surface area contributed by atoms with Crippen molar-refractivity contribution >= 4 is 5.97 Å². The molecule has 0 aliphatic rings. The van der Waals surface area contributed by atoms with Crippen LogP contribution in [0, 0.1) is 0 Å². The Hall–Kier alpha value is -6.27. The van der Waals surface area contributed by atoms with Gasteiger partial charge in [-0.3, -0.25) is 0 Å². The minimum Gasteiger partial charge on any atom is -0.476 e. The van der Waals surface area contributed by atoms with Crippen LogP contribution in [0.5, 0.6) is 0 Å². The first kappa shape index (κ1) is 38.9. The van der Waals surface area contributed by atoms with E-state index < -0.39 is 17.1 Å². The molecule has 6 N–H and O–H groups in total. The van der Waals surface area contributed by atoms with Crippen LogP contribution in [0.25, 0.3) is 22.5 Å². The summed E-state index contributed by atoms with van der Waals surface area (Å²) in [6.07, 6.45) is 1.38. The van der Waals surface area contributed by atoms with Crippen LogP contribution in [0.1, 0.15) is 71.5 Å². The van der Waals surface area contributed by atoms with Gasteiger partial charge in [0.1, 0.15) is 17.0 Å². The highest BCUT2D eigenvalue weighted by molar-refractivity contribution is 5.87. The van der Waals surface area contributed by atoms with E-state index in [4.69, 9.17) is 5.21 Å². The molecule has 0 aliphatic carbocycles. The Balaban J connectivity index is 0.00000280. The minimum absolute atomic E-state index is 0. The first-order chi connectivity index (χ1) is 25.2. The van der Waals surface area contributed by atoms with Crippen molar-refractivity contribution in [1.82, 2.24) is 29.8 Å². The monoisotopic (exact) mass is 724 g/mol. The quantitative estimate of drug-likeness (QED) is 0.138. The van der Waals surface area contributed by atoms with Crippen LogP contribution in [-0.2, 0) is 24.1 Å². The van der Waals surface area contributed by atoms with E-state index in [1.807, 2.05) is 101 Å². The molecular weight excluding hydrogens is 681 g/mol. The lowest BCUT2D eigenvalue weighted by Gasteiger charge is -2.36. The number of carboxylic acid groups (broad SMARTS) is 1. The average molecular weight is 725 g/mol.